The van der Waals surface area contributed by atoms with E-state index in [-0.39, 0.29) is 6.04 Å². The highest BCUT2D eigenvalue weighted by Gasteiger charge is 2.16. The maximum absolute atomic E-state index is 10.1. The molecule has 0 aliphatic heterocycles. The van der Waals surface area contributed by atoms with Crippen LogP contribution in [0.3, 0.4) is 0 Å². The van der Waals surface area contributed by atoms with Crippen molar-refractivity contribution in [3.63, 3.8) is 0 Å². The van der Waals surface area contributed by atoms with E-state index in [9.17, 15) is 5.11 Å². The van der Waals surface area contributed by atoms with E-state index in [1.807, 2.05) is 38.4 Å². The fourth-order valence-corrected chi connectivity index (χ4v) is 1.61. The summed E-state index contributed by atoms with van der Waals surface area (Å²) < 4.78 is 5.07. The molecule has 0 radical (unpaired) electrons. The van der Waals surface area contributed by atoms with Crippen LogP contribution in [0.1, 0.15) is 18.1 Å². The van der Waals surface area contributed by atoms with Gasteiger partial charge < -0.3 is 20.5 Å². The second-order valence-corrected chi connectivity index (χ2v) is 4.47. The molecule has 0 aliphatic rings. The average molecular weight is 238 g/mol. The molecular formula is C13H22N2O2. The monoisotopic (exact) mass is 238 g/mol. The smallest absolute Gasteiger partial charge is 0.118 e. The molecular weight excluding hydrogens is 216 g/mol. The molecule has 0 fully saturated rings. The number of methoxy groups -OCH3 is 1. The first-order chi connectivity index (χ1) is 8.04. The molecule has 2 atom stereocenters. The summed E-state index contributed by atoms with van der Waals surface area (Å²) in [5.74, 6) is 0.780. The van der Waals surface area contributed by atoms with Crippen molar-refractivity contribution in [3.8, 4) is 5.75 Å². The molecule has 0 amide bonds. The lowest BCUT2D eigenvalue weighted by Gasteiger charge is -2.21. The van der Waals surface area contributed by atoms with Gasteiger partial charge in [-0.2, -0.15) is 0 Å². The predicted molar refractivity (Wildman–Crippen MR) is 69.1 cm³/mol. The number of nitrogens with zero attached hydrogens (tertiary/aromatic N) is 1. The molecule has 0 aliphatic carbocycles. The molecule has 0 spiro atoms. The van der Waals surface area contributed by atoms with Gasteiger partial charge in [-0.25, -0.2) is 0 Å². The SMILES string of the molecule is COc1ccc(C(O)C(N)CCN(C)C)cc1. The minimum atomic E-state index is -0.624. The van der Waals surface area contributed by atoms with Crippen LogP contribution < -0.4 is 10.5 Å². The van der Waals surface area contributed by atoms with Gasteiger partial charge in [-0.3, -0.25) is 0 Å². The number of hydrogen-bond donors (Lipinski definition) is 2. The van der Waals surface area contributed by atoms with Gasteiger partial charge in [-0.1, -0.05) is 12.1 Å². The first-order valence-electron chi connectivity index (χ1n) is 5.77. The van der Waals surface area contributed by atoms with Crippen LogP contribution in [0, 0.1) is 0 Å². The van der Waals surface area contributed by atoms with Gasteiger partial charge in [0.1, 0.15) is 5.75 Å². The number of aliphatic hydroxyl groups is 1. The standard InChI is InChI=1S/C13H22N2O2/c1-15(2)9-8-12(14)13(16)10-4-6-11(17-3)7-5-10/h4-7,12-13,16H,8-9,14H2,1-3H3. The zero-order valence-corrected chi connectivity index (χ0v) is 10.8. The number of benzene rings is 1. The first-order valence-corrected chi connectivity index (χ1v) is 5.77. The van der Waals surface area contributed by atoms with Crippen molar-refractivity contribution in [2.24, 2.45) is 5.73 Å². The Balaban J connectivity index is 2.58. The third kappa shape index (κ3) is 4.34. The Labute approximate surface area is 103 Å². The summed E-state index contributed by atoms with van der Waals surface area (Å²) in [6.45, 7) is 0.869. The Morgan fingerprint density at radius 2 is 1.88 bits per heavy atom. The second-order valence-electron chi connectivity index (χ2n) is 4.47. The molecule has 0 heterocycles. The Hall–Kier alpha value is -1.10. The van der Waals surface area contributed by atoms with Crippen LogP contribution in [-0.4, -0.2) is 43.8 Å². The number of ether oxygens (including phenoxy) is 1. The van der Waals surface area contributed by atoms with E-state index in [2.05, 4.69) is 4.90 Å². The van der Waals surface area contributed by atoms with Gasteiger partial charge in [0.15, 0.2) is 0 Å². The Morgan fingerprint density at radius 1 is 1.29 bits per heavy atom. The summed E-state index contributed by atoms with van der Waals surface area (Å²) in [6, 6.07) is 7.11. The maximum Gasteiger partial charge on any atom is 0.118 e. The number of hydrogen-bond acceptors (Lipinski definition) is 4. The van der Waals surface area contributed by atoms with Crippen LogP contribution >= 0.6 is 0 Å². The Morgan fingerprint density at radius 3 is 2.35 bits per heavy atom. The molecule has 4 heteroatoms. The van der Waals surface area contributed by atoms with E-state index in [4.69, 9.17) is 10.5 Å². The highest BCUT2D eigenvalue weighted by molar-refractivity contribution is 5.29. The van der Waals surface area contributed by atoms with Crippen molar-refractivity contribution in [3.05, 3.63) is 29.8 Å². The summed E-state index contributed by atoms with van der Waals surface area (Å²) in [4.78, 5) is 2.06. The molecule has 1 aromatic rings. The van der Waals surface area contributed by atoms with Crippen LogP contribution in [0.15, 0.2) is 24.3 Å². The number of rotatable bonds is 6. The first kappa shape index (κ1) is 14.0. The molecule has 1 rings (SSSR count). The van der Waals surface area contributed by atoms with Gasteiger partial charge in [-0.05, 0) is 44.8 Å². The third-order valence-corrected chi connectivity index (χ3v) is 2.77. The summed E-state index contributed by atoms with van der Waals surface area (Å²) in [6.07, 6.45) is 0.140. The molecule has 2 unspecified atom stereocenters. The lowest BCUT2D eigenvalue weighted by Crippen LogP contribution is -2.32. The summed E-state index contributed by atoms with van der Waals surface area (Å²) in [5, 5.41) is 10.1. The molecule has 96 valence electrons. The molecule has 0 saturated carbocycles. The molecule has 0 bridgehead atoms. The normalized spacial score (nSPS) is 14.7. The highest BCUT2D eigenvalue weighted by Crippen LogP contribution is 2.20. The molecule has 0 aromatic heterocycles. The van der Waals surface area contributed by atoms with Crippen molar-refractivity contribution < 1.29 is 9.84 Å². The summed E-state index contributed by atoms with van der Waals surface area (Å²) >= 11 is 0. The van der Waals surface area contributed by atoms with E-state index in [0.29, 0.717) is 0 Å². The lowest BCUT2D eigenvalue weighted by molar-refractivity contribution is 0.137. The van der Waals surface area contributed by atoms with Gasteiger partial charge in [0.05, 0.1) is 13.2 Å². The van der Waals surface area contributed by atoms with Crippen molar-refractivity contribution in [2.75, 3.05) is 27.7 Å². The van der Waals surface area contributed by atoms with Crippen molar-refractivity contribution in [1.82, 2.24) is 4.90 Å². The zero-order chi connectivity index (χ0) is 12.8. The highest BCUT2D eigenvalue weighted by atomic mass is 16.5. The van der Waals surface area contributed by atoms with E-state index < -0.39 is 6.10 Å². The number of aliphatic hydroxyl groups excluding tert-OH is 1. The Bertz CT molecular complexity index is 325. The second kappa shape index (κ2) is 6.59. The van der Waals surface area contributed by atoms with Gasteiger partial charge in [0.25, 0.3) is 0 Å². The third-order valence-electron chi connectivity index (χ3n) is 2.77. The summed E-state index contributed by atoms with van der Waals surface area (Å²) in [7, 11) is 5.60. The number of nitrogens with two attached hydrogens (primary N) is 1. The minimum absolute atomic E-state index is 0.245. The quantitative estimate of drug-likeness (QED) is 0.776. The van der Waals surface area contributed by atoms with Crippen LogP contribution in [0.2, 0.25) is 0 Å². The van der Waals surface area contributed by atoms with Crippen LogP contribution in [0.4, 0.5) is 0 Å². The molecule has 4 nitrogen and oxygen atoms in total. The average Bonchev–Trinajstić information content (AvgIpc) is 2.35. The van der Waals surface area contributed by atoms with Crippen molar-refractivity contribution in [2.45, 2.75) is 18.6 Å². The summed E-state index contributed by atoms with van der Waals surface area (Å²) in [5.41, 5.74) is 6.79. The van der Waals surface area contributed by atoms with Crippen LogP contribution in [-0.2, 0) is 0 Å². The van der Waals surface area contributed by atoms with Crippen molar-refractivity contribution in [1.29, 1.82) is 0 Å². The topological polar surface area (TPSA) is 58.7 Å². The van der Waals surface area contributed by atoms with E-state index in [0.717, 1.165) is 24.3 Å². The fourth-order valence-electron chi connectivity index (χ4n) is 1.61. The van der Waals surface area contributed by atoms with Gasteiger partial charge >= 0.3 is 0 Å². The van der Waals surface area contributed by atoms with E-state index in [1.165, 1.54) is 0 Å². The zero-order valence-electron chi connectivity index (χ0n) is 10.8. The van der Waals surface area contributed by atoms with E-state index >= 15 is 0 Å². The van der Waals surface area contributed by atoms with Gasteiger partial charge in [0, 0.05) is 6.04 Å². The largest absolute Gasteiger partial charge is 0.497 e. The van der Waals surface area contributed by atoms with Crippen LogP contribution in [0.5, 0.6) is 5.75 Å². The Kier molecular flexibility index (Phi) is 5.41. The molecule has 0 saturated heterocycles. The predicted octanol–water partition coefficient (Wildman–Crippen LogP) is 1.01. The fraction of sp³-hybridized carbons (Fsp3) is 0.538. The van der Waals surface area contributed by atoms with Crippen LogP contribution in [0.25, 0.3) is 0 Å². The van der Waals surface area contributed by atoms with Gasteiger partial charge in [-0.15, -0.1) is 0 Å². The molecule has 3 N–H and O–H groups in total. The lowest BCUT2D eigenvalue weighted by atomic mass is 10.0. The van der Waals surface area contributed by atoms with E-state index in [1.54, 1.807) is 7.11 Å². The maximum atomic E-state index is 10.1. The molecule has 17 heavy (non-hydrogen) atoms. The minimum Gasteiger partial charge on any atom is -0.497 e. The van der Waals surface area contributed by atoms with Gasteiger partial charge in [0.2, 0.25) is 0 Å². The molecule has 1 aromatic carbocycles. The van der Waals surface area contributed by atoms with Crippen molar-refractivity contribution >= 4 is 0 Å².